The van der Waals surface area contributed by atoms with E-state index in [4.69, 9.17) is 10.1 Å². The summed E-state index contributed by atoms with van der Waals surface area (Å²) in [6, 6.07) is 46.3. The quantitative estimate of drug-likeness (QED) is 0.165. The summed E-state index contributed by atoms with van der Waals surface area (Å²) in [7, 11) is 0. The van der Waals surface area contributed by atoms with Gasteiger partial charge >= 0.3 is 21.1 Å². The first-order valence-electron chi connectivity index (χ1n) is 23.9. The number of aromatic nitrogens is 4. The van der Waals surface area contributed by atoms with Crippen LogP contribution in [0, 0.1) is 12.1 Å². The molecule has 0 spiro atoms. The average Bonchev–Trinajstić information content (AvgIpc) is 3.81. The number of para-hydroxylation sites is 2. The van der Waals surface area contributed by atoms with Gasteiger partial charge in [-0.3, -0.25) is 4.68 Å². The van der Waals surface area contributed by atoms with E-state index in [1.165, 1.54) is 50.0 Å². The van der Waals surface area contributed by atoms with Gasteiger partial charge in [0.1, 0.15) is 5.82 Å². The van der Waals surface area contributed by atoms with Crippen LogP contribution in [0.25, 0.3) is 44.4 Å². The summed E-state index contributed by atoms with van der Waals surface area (Å²) in [6.45, 7) is 39.2. The Labute approximate surface area is 415 Å². The molecule has 0 amide bonds. The summed E-state index contributed by atoms with van der Waals surface area (Å²) in [5.41, 5.74) is 16.2. The molecule has 0 radical (unpaired) electrons. The molecule has 0 saturated carbocycles. The van der Waals surface area contributed by atoms with E-state index in [0.717, 1.165) is 50.7 Å². The van der Waals surface area contributed by atoms with E-state index in [2.05, 4.69) is 247 Å². The van der Waals surface area contributed by atoms with Crippen molar-refractivity contribution in [3.8, 4) is 22.6 Å². The molecule has 0 N–H and O–H groups in total. The molecule has 3 aromatic heterocycles. The van der Waals surface area contributed by atoms with Crippen LogP contribution in [-0.2, 0) is 53.6 Å². The van der Waals surface area contributed by atoms with Crippen LogP contribution in [-0.4, -0.2) is 19.3 Å². The van der Waals surface area contributed by atoms with Gasteiger partial charge < -0.3 is 9.47 Å². The zero-order valence-electron chi connectivity index (χ0n) is 42.9. The van der Waals surface area contributed by atoms with E-state index in [1.807, 2.05) is 6.20 Å². The minimum atomic E-state index is -0.302. The Balaban J connectivity index is 0.00000608. The Bertz CT molecular complexity index is 3160. The number of hydrogen-bond donors (Lipinski definition) is 0. The maximum atomic E-state index is 5.69. The fourth-order valence-corrected chi connectivity index (χ4v) is 9.97. The molecule has 0 atom stereocenters. The molecular weight excluding hydrogens is 998 g/mol. The molecule has 5 nitrogen and oxygen atoms in total. The van der Waals surface area contributed by atoms with Crippen molar-refractivity contribution < 1.29 is 21.1 Å². The van der Waals surface area contributed by atoms with Crippen LogP contribution in [0.15, 0.2) is 109 Å². The number of benzene rings is 5. The van der Waals surface area contributed by atoms with Crippen LogP contribution < -0.4 is 4.90 Å². The number of hydrogen-bond acceptors (Lipinski definition) is 3. The second-order valence-corrected chi connectivity index (χ2v) is 24.5. The van der Waals surface area contributed by atoms with Crippen molar-refractivity contribution in [3.63, 3.8) is 0 Å². The van der Waals surface area contributed by atoms with Crippen molar-refractivity contribution in [3.05, 3.63) is 161 Å². The Hall–Kier alpha value is -5.25. The molecule has 348 valence electrons. The molecule has 1 aliphatic rings. The van der Waals surface area contributed by atoms with Crippen LogP contribution >= 0.6 is 0 Å². The van der Waals surface area contributed by atoms with Gasteiger partial charge in [-0.05, 0) is 84.8 Å². The molecule has 9 rings (SSSR count). The smallest absolute Gasteiger partial charge is 0.358 e. The molecule has 0 fully saturated rings. The molecule has 0 saturated heterocycles. The van der Waals surface area contributed by atoms with E-state index in [-0.39, 0.29) is 53.6 Å². The Morgan fingerprint density at radius 3 is 1.78 bits per heavy atom. The van der Waals surface area contributed by atoms with Crippen molar-refractivity contribution in [2.24, 2.45) is 0 Å². The summed E-state index contributed by atoms with van der Waals surface area (Å²) in [6.07, 6.45) is 1.94. The maximum absolute atomic E-state index is 5.69. The first-order chi connectivity index (χ1) is 30.7. The molecule has 0 bridgehead atoms. The van der Waals surface area contributed by atoms with Crippen LogP contribution in [0.2, 0.25) is 0 Å². The predicted octanol–water partition coefficient (Wildman–Crippen LogP) is 16.2. The predicted molar refractivity (Wildman–Crippen MR) is 279 cm³/mol. The first kappa shape index (κ1) is 48.2. The van der Waals surface area contributed by atoms with Crippen molar-refractivity contribution in [2.75, 3.05) is 4.90 Å². The van der Waals surface area contributed by atoms with Crippen LogP contribution in [0.1, 0.15) is 157 Å². The Kier molecular flexibility index (Phi) is 11.6. The summed E-state index contributed by atoms with van der Waals surface area (Å²) in [5.74, 6) is 0.887. The number of rotatable bonds is 4. The fraction of sp³-hybridized carbons (Fsp3) is 0.377. The second kappa shape index (κ2) is 16.2. The molecule has 5 aromatic carbocycles. The van der Waals surface area contributed by atoms with Gasteiger partial charge in [-0.25, -0.2) is 4.98 Å². The van der Waals surface area contributed by atoms with Gasteiger partial charge in [0.2, 0.25) is 0 Å². The zero-order chi connectivity index (χ0) is 47.7. The van der Waals surface area contributed by atoms with Gasteiger partial charge in [0.25, 0.3) is 0 Å². The summed E-state index contributed by atoms with van der Waals surface area (Å²) < 4.78 is 4.51. The average molecular weight is 1070 g/mol. The van der Waals surface area contributed by atoms with Gasteiger partial charge in [0.15, 0.2) is 0 Å². The van der Waals surface area contributed by atoms with Gasteiger partial charge in [-0.1, -0.05) is 189 Å². The fourth-order valence-electron chi connectivity index (χ4n) is 9.97. The Morgan fingerprint density at radius 2 is 1.15 bits per heavy atom. The topological polar surface area (TPSA) is 38.9 Å². The normalized spacial score (nSPS) is 14.3. The number of anilines is 3. The number of pyridine rings is 1. The molecule has 1 aliphatic heterocycles. The molecule has 0 aliphatic carbocycles. The summed E-state index contributed by atoms with van der Waals surface area (Å²) >= 11 is 0. The third kappa shape index (κ3) is 8.32. The molecular formula is C61H69N5Pt. The third-order valence-corrected chi connectivity index (χ3v) is 13.8. The van der Waals surface area contributed by atoms with Gasteiger partial charge in [-0.15, -0.1) is 35.2 Å². The van der Waals surface area contributed by atoms with Crippen molar-refractivity contribution in [1.29, 1.82) is 0 Å². The van der Waals surface area contributed by atoms with Gasteiger partial charge in [-0.2, -0.15) is 17.2 Å². The van der Waals surface area contributed by atoms with Crippen molar-refractivity contribution in [2.45, 2.75) is 150 Å². The summed E-state index contributed by atoms with van der Waals surface area (Å²) in [5, 5.41) is 8.00. The molecule has 0 unspecified atom stereocenters. The van der Waals surface area contributed by atoms with Crippen molar-refractivity contribution >= 4 is 38.9 Å². The van der Waals surface area contributed by atoms with Crippen LogP contribution in [0.4, 0.5) is 17.1 Å². The molecule has 67 heavy (non-hydrogen) atoms. The molecule has 4 heterocycles. The van der Waals surface area contributed by atoms with Crippen LogP contribution in [0.3, 0.4) is 0 Å². The van der Waals surface area contributed by atoms with E-state index in [0.29, 0.717) is 0 Å². The minimum absolute atomic E-state index is 0. The van der Waals surface area contributed by atoms with Crippen LogP contribution in [0.5, 0.6) is 0 Å². The zero-order valence-corrected chi connectivity index (χ0v) is 45.2. The van der Waals surface area contributed by atoms with Gasteiger partial charge in [0, 0.05) is 33.8 Å². The monoisotopic (exact) mass is 1070 g/mol. The largest absolute Gasteiger partial charge is 2.00 e. The van der Waals surface area contributed by atoms with E-state index in [9.17, 15) is 0 Å². The van der Waals surface area contributed by atoms with Gasteiger partial charge in [0.05, 0.1) is 11.4 Å². The first-order valence-corrected chi connectivity index (χ1v) is 23.9. The summed E-state index contributed by atoms with van der Waals surface area (Å²) in [4.78, 5) is 7.38. The van der Waals surface area contributed by atoms with E-state index in [1.54, 1.807) is 0 Å². The molecule has 8 aromatic rings. The maximum Gasteiger partial charge on any atom is 2.00 e. The standard InChI is InChI=1S/C61H69N5.Pt/c1-56(2,3)39-30-31-62-52(35-39)65-48-24-20-18-22-44(48)45-28-26-42(36-50(45)65)64-49-25-21-19-23-46(49)61(16,17)47-29-27-43(37-51(47)64)66-55(60(13,14)15)53(54(63-66)59(10,11)12)38-32-40(57(4,5)6)34-41(33-38)58(7,8)9;/h18-35H,1-17H3;/q-2;+2. The molecule has 6 heteroatoms. The Morgan fingerprint density at radius 1 is 0.537 bits per heavy atom. The minimum Gasteiger partial charge on any atom is -0.358 e. The second-order valence-electron chi connectivity index (χ2n) is 24.5. The number of nitrogens with zero attached hydrogens (tertiary/aromatic N) is 5. The third-order valence-electron chi connectivity index (χ3n) is 13.8. The number of fused-ring (bicyclic) bond motifs is 5. The SMILES string of the molecule is CC(C)(C)c1cc(-c2c(C(C)(C)C)nn(-c3[c-]c4c(cc3)C(C)(C)c3ccccc3N4c3[c-]c4c(cc3)c3ccccc3n4-c3cc(C(C)(C)C)ccn3)c2C(C)(C)C)cc(C(C)(C)C)c1.[Pt+2]. The van der Waals surface area contributed by atoms with E-state index < -0.39 is 0 Å². The van der Waals surface area contributed by atoms with E-state index >= 15 is 0 Å². The van der Waals surface area contributed by atoms with Crippen molar-refractivity contribution in [1.82, 2.24) is 19.3 Å².